The van der Waals surface area contributed by atoms with Crippen molar-refractivity contribution in [2.24, 2.45) is 0 Å². The summed E-state index contributed by atoms with van der Waals surface area (Å²) in [5.74, 6) is -0.471. The third-order valence-corrected chi connectivity index (χ3v) is 7.80. The number of carbonyl (C=O) groups is 2. The molecule has 9 heteroatoms. The predicted molar refractivity (Wildman–Crippen MR) is 171 cm³/mol. The third-order valence-electron chi connectivity index (χ3n) is 7.43. The molecule has 8 nitrogen and oxygen atoms in total. The quantitative estimate of drug-likeness (QED) is 0.139. The maximum Gasteiger partial charge on any atom is 0.271 e. The minimum Gasteiger partial charge on any atom is -0.489 e. The lowest BCUT2D eigenvalue weighted by molar-refractivity contribution is -0.141. The van der Waals surface area contributed by atoms with Crippen molar-refractivity contribution in [1.82, 2.24) is 19.7 Å². The minimum absolute atomic E-state index is 0.00685. The number of nitriles is 1. The van der Waals surface area contributed by atoms with E-state index in [0.717, 1.165) is 21.7 Å². The highest BCUT2D eigenvalue weighted by Gasteiger charge is 2.35. The Morgan fingerprint density at radius 2 is 1.69 bits per heavy atom. The third kappa shape index (κ3) is 6.16. The number of aromatic nitrogens is 3. The van der Waals surface area contributed by atoms with E-state index in [1.165, 1.54) is 0 Å². The number of pyridine rings is 1. The first-order valence-electron chi connectivity index (χ1n) is 14.1. The van der Waals surface area contributed by atoms with E-state index in [1.54, 1.807) is 42.2 Å². The van der Waals surface area contributed by atoms with Gasteiger partial charge >= 0.3 is 0 Å². The molecule has 0 fully saturated rings. The second-order valence-electron chi connectivity index (χ2n) is 10.3. The maximum absolute atomic E-state index is 13.8. The van der Waals surface area contributed by atoms with Gasteiger partial charge in [-0.05, 0) is 72.7 Å². The van der Waals surface area contributed by atoms with E-state index in [-0.39, 0.29) is 17.7 Å². The molecule has 0 saturated heterocycles. The molecular formula is C36H26ClN5O3. The van der Waals surface area contributed by atoms with E-state index in [2.05, 4.69) is 4.98 Å². The highest BCUT2D eigenvalue weighted by molar-refractivity contribution is 6.31. The molecule has 2 amide bonds. The number of imide groups is 1. The fraction of sp³-hybridized carbons (Fsp3) is 0.0833. The Labute approximate surface area is 265 Å². The van der Waals surface area contributed by atoms with Crippen molar-refractivity contribution in [3.05, 3.63) is 148 Å². The topological polar surface area (TPSA) is 101 Å². The molecule has 3 aromatic carbocycles. The summed E-state index contributed by atoms with van der Waals surface area (Å²) in [5, 5.41) is 15.4. The number of para-hydroxylation sites is 1. The lowest BCUT2D eigenvalue weighted by atomic mass is 9.93. The van der Waals surface area contributed by atoms with Crippen LogP contribution in [-0.2, 0) is 22.7 Å². The number of carbonyl (C=O) groups excluding carboxylic acids is 2. The number of amides is 2. The van der Waals surface area contributed by atoms with Crippen molar-refractivity contribution in [2.45, 2.75) is 20.1 Å². The fourth-order valence-electron chi connectivity index (χ4n) is 5.02. The summed E-state index contributed by atoms with van der Waals surface area (Å²) < 4.78 is 7.70. The van der Waals surface area contributed by atoms with Crippen LogP contribution in [0, 0.1) is 11.3 Å². The Balaban J connectivity index is 1.38. The van der Waals surface area contributed by atoms with Crippen molar-refractivity contribution < 1.29 is 14.3 Å². The number of halogens is 1. The van der Waals surface area contributed by atoms with Crippen LogP contribution in [0.2, 0.25) is 5.02 Å². The fourth-order valence-corrected chi connectivity index (χ4v) is 5.21. The first-order valence-corrected chi connectivity index (χ1v) is 14.5. The highest BCUT2D eigenvalue weighted by Crippen LogP contribution is 2.32. The van der Waals surface area contributed by atoms with Gasteiger partial charge in [0, 0.05) is 45.9 Å². The van der Waals surface area contributed by atoms with E-state index in [1.807, 2.05) is 91.1 Å². The van der Waals surface area contributed by atoms with E-state index in [4.69, 9.17) is 21.4 Å². The zero-order valence-electron chi connectivity index (χ0n) is 24.2. The Morgan fingerprint density at radius 3 is 2.40 bits per heavy atom. The number of rotatable bonds is 8. The monoisotopic (exact) mass is 611 g/mol. The molecule has 220 valence electrons. The summed E-state index contributed by atoms with van der Waals surface area (Å²) in [6.45, 7) is 1.93. The summed E-state index contributed by atoms with van der Waals surface area (Å²) in [4.78, 5) is 32.2. The van der Waals surface area contributed by atoms with Crippen molar-refractivity contribution in [3.63, 3.8) is 0 Å². The van der Waals surface area contributed by atoms with Gasteiger partial charge in [-0.15, -0.1) is 0 Å². The Morgan fingerprint density at radius 1 is 0.933 bits per heavy atom. The molecule has 0 N–H and O–H groups in total. The van der Waals surface area contributed by atoms with E-state index in [0.29, 0.717) is 39.8 Å². The largest absolute Gasteiger partial charge is 0.489 e. The molecule has 0 unspecified atom stereocenters. The van der Waals surface area contributed by atoms with Crippen LogP contribution in [-0.4, -0.2) is 31.5 Å². The number of nitrogens with zero attached hydrogens (tertiary/aromatic N) is 5. The van der Waals surface area contributed by atoms with Crippen molar-refractivity contribution in [2.75, 3.05) is 0 Å². The summed E-state index contributed by atoms with van der Waals surface area (Å²) in [7, 11) is 0. The summed E-state index contributed by atoms with van der Waals surface area (Å²) >= 11 is 6.28. The van der Waals surface area contributed by atoms with E-state index >= 15 is 0 Å². The van der Waals surface area contributed by atoms with Crippen LogP contribution in [0.15, 0.2) is 126 Å². The molecule has 0 bridgehead atoms. The van der Waals surface area contributed by atoms with Gasteiger partial charge in [-0.3, -0.25) is 19.5 Å². The summed E-state index contributed by atoms with van der Waals surface area (Å²) in [5.41, 5.74) is 4.89. The number of hydrogen-bond donors (Lipinski definition) is 0. The van der Waals surface area contributed by atoms with Gasteiger partial charge in [0.15, 0.2) is 0 Å². The van der Waals surface area contributed by atoms with Crippen LogP contribution >= 0.6 is 11.6 Å². The summed E-state index contributed by atoms with van der Waals surface area (Å²) in [6, 6.07) is 30.1. The van der Waals surface area contributed by atoms with Crippen LogP contribution in [0.3, 0.4) is 0 Å². The molecule has 2 aromatic heterocycles. The first-order chi connectivity index (χ1) is 21.9. The van der Waals surface area contributed by atoms with Gasteiger partial charge in [0.25, 0.3) is 11.8 Å². The molecule has 3 heterocycles. The average molecular weight is 612 g/mol. The zero-order chi connectivity index (χ0) is 31.3. The van der Waals surface area contributed by atoms with Gasteiger partial charge in [-0.1, -0.05) is 54.1 Å². The SMILES string of the molecule is CC1=C(C#N)C(=O)N(Cc2cccnc2)C(=O)/C1=C/c1cn(-c2ccccc2)nc1-c1ccc(OCc2ccccc2Cl)cc1. The molecule has 45 heavy (non-hydrogen) atoms. The molecule has 0 atom stereocenters. The van der Waals surface area contributed by atoms with Crippen LogP contribution < -0.4 is 4.74 Å². The second-order valence-corrected chi connectivity index (χ2v) is 10.8. The molecule has 1 aliphatic rings. The number of hydrogen-bond acceptors (Lipinski definition) is 6. The molecule has 0 radical (unpaired) electrons. The van der Waals surface area contributed by atoms with Gasteiger partial charge in [0.2, 0.25) is 0 Å². The second kappa shape index (κ2) is 12.8. The van der Waals surface area contributed by atoms with Gasteiger partial charge in [0.05, 0.1) is 17.9 Å². The maximum atomic E-state index is 13.8. The Kier molecular flexibility index (Phi) is 8.36. The molecule has 5 aromatic rings. The number of benzene rings is 3. The Bertz CT molecular complexity index is 1990. The van der Waals surface area contributed by atoms with Crippen molar-refractivity contribution >= 4 is 29.5 Å². The van der Waals surface area contributed by atoms with Crippen LogP contribution in [0.25, 0.3) is 23.0 Å². The van der Waals surface area contributed by atoms with Gasteiger partial charge in [-0.25, -0.2) is 4.68 Å². The predicted octanol–water partition coefficient (Wildman–Crippen LogP) is 6.96. The van der Waals surface area contributed by atoms with E-state index < -0.39 is 11.8 Å². The Hall–Kier alpha value is -5.78. The van der Waals surface area contributed by atoms with Crippen molar-refractivity contribution in [1.29, 1.82) is 5.26 Å². The molecule has 0 aliphatic carbocycles. The summed E-state index contributed by atoms with van der Waals surface area (Å²) in [6.07, 6.45) is 6.73. The van der Waals surface area contributed by atoms with Crippen LogP contribution in [0.1, 0.15) is 23.6 Å². The lowest BCUT2D eigenvalue weighted by Crippen LogP contribution is -2.42. The lowest BCUT2D eigenvalue weighted by Gasteiger charge is -2.27. The number of ether oxygens (including phenoxy) is 1. The van der Waals surface area contributed by atoms with Gasteiger partial charge < -0.3 is 4.74 Å². The molecule has 0 saturated carbocycles. The zero-order valence-corrected chi connectivity index (χ0v) is 25.0. The van der Waals surface area contributed by atoms with Gasteiger partial charge in [0.1, 0.15) is 24.0 Å². The van der Waals surface area contributed by atoms with Crippen LogP contribution in [0.4, 0.5) is 0 Å². The average Bonchev–Trinajstić information content (AvgIpc) is 3.50. The first kappa shape index (κ1) is 29.3. The van der Waals surface area contributed by atoms with Crippen LogP contribution in [0.5, 0.6) is 5.75 Å². The smallest absolute Gasteiger partial charge is 0.271 e. The van der Waals surface area contributed by atoms with Crippen molar-refractivity contribution in [3.8, 4) is 28.8 Å². The van der Waals surface area contributed by atoms with E-state index in [9.17, 15) is 14.9 Å². The molecule has 6 rings (SSSR count). The molecule has 1 aliphatic heterocycles. The molecular weight excluding hydrogens is 586 g/mol. The molecule has 0 spiro atoms. The minimum atomic E-state index is -0.631. The standard InChI is InChI=1S/C36H26ClN5O3/c1-24-31(35(43)41(36(44)32(24)19-38)21-25-8-7-17-39-20-25)18-28-22-42(29-10-3-2-4-11-29)40-34(28)26-13-15-30(16-14-26)45-23-27-9-5-6-12-33(27)37/h2-18,20,22H,21,23H2,1H3/b31-18+. The van der Waals surface area contributed by atoms with Gasteiger partial charge in [-0.2, -0.15) is 10.4 Å². The highest BCUT2D eigenvalue weighted by atomic mass is 35.5. The normalized spacial score (nSPS) is 14.2.